The molecule has 4 nitrogen and oxygen atoms in total. The van der Waals surface area contributed by atoms with Gasteiger partial charge >= 0.3 is 0 Å². The van der Waals surface area contributed by atoms with E-state index < -0.39 is 0 Å². The van der Waals surface area contributed by atoms with Gasteiger partial charge in [0, 0.05) is 31.7 Å². The SMILES string of the molecule is Fc1ccc(-c2ccc(CNCc3ccccc3CN3CCOCC3)o2)cc1. The average Bonchev–Trinajstić information content (AvgIpc) is 3.19. The Morgan fingerprint density at radius 3 is 2.39 bits per heavy atom. The van der Waals surface area contributed by atoms with Crippen molar-refractivity contribution in [2.24, 2.45) is 0 Å². The predicted molar refractivity (Wildman–Crippen MR) is 107 cm³/mol. The van der Waals surface area contributed by atoms with Crippen LogP contribution in [0.1, 0.15) is 16.9 Å². The first kappa shape index (κ1) is 18.9. The van der Waals surface area contributed by atoms with Crippen LogP contribution >= 0.6 is 0 Å². The Labute approximate surface area is 164 Å². The lowest BCUT2D eigenvalue weighted by Crippen LogP contribution is -2.36. The third kappa shape index (κ3) is 4.87. The van der Waals surface area contributed by atoms with E-state index in [-0.39, 0.29) is 5.82 Å². The number of benzene rings is 2. The molecule has 0 spiro atoms. The minimum absolute atomic E-state index is 0.243. The lowest BCUT2D eigenvalue weighted by atomic mass is 10.1. The van der Waals surface area contributed by atoms with Gasteiger partial charge in [-0.3, -0.25) is 4.90 Å². The summed E-state index contributed by atoms with van der Waals surface area (Å²) < 4.78 is 24.4. The largest absolute Gasteiger partial charge is 0.460 e. The number of nitrogens with one attached hydrogen (secondary N) is 1. The highest BCUT2D eigenvalue weighted by atomic mass is 19.1. The summed E-state index contributed by atoms with van der Waals surface area (Å²) in [6.45, 7) is 5.99. The highest BCUT2D eigenvalue weighted by molar-refractivity contribution is 5.57. The van der Waals surface area contributed by atoms with Gasteiger partial charge in [-0.1, -0.05) is 24.3 Å². The molecule has 0 unspecified atom stereocenters. The first-order valence-electron chi connectivity index (χ1n) is 9.70. The Morgan fingerprint density at radius 2 is 1.61 bits per heavy atom. The number of hydrogen-bond donors (Lipinski definition) is 1. The first-order valence-corrected chi connectivity index (χ1v) is 9.70. The maximum absolute atomic E-state index is 13.1. The second kappa shape index (κ2) is 9.15. The molecule has 0 bridgehead atoms. The summed E-state index contributed by atoms with van der Waals surface area (Å²) in [6, 6.07) is 18.8. The number of ether oxygens (including phenoxy) is 1. The van der Waals surface area contributed by atoms with Crippen LogP contribution in [0, 0.1) is 5.82 Å². The molecule has 28 heavy (non-hydrogen) atoms. The Morgan fingerprint density at radius 1 is 0.857 bits per heavy atom. The molecule has 0 radical (unpaired) electrons. The quantitative estimate of drug-likeness (QED) is 0.666. The van der Waals surface area contributed by atoms with Crippen LogP contribution in [0.2, 0.25) is 0 Å². The lowest BCUT2D eigenvalue weighted by molar-refractivity contribution is 0.0340. The molecule has 2 aromatic carbocycles. The van der Waals surface area contributed by atoms with Gasteiger partial charge in [-0.15, -0.1) is 0 Å². The minimum atomic E-state index is -0.243. The van der Waals surface area contributed by atoms with Crippen LogP contribution in [0.5, 0.6) is 0 Å². The molecule has 1 aliphatic rings. The zero-order valence-corrected chi connectivity index (χ0v) is 15.9. The van der Waals surface area contributed by atoms with Crippen LogP contribution in [-0.2, 0) is 24.4 Å². The third-order valence-electron chi connectivity index (χ3n) is 5.02. The molecule has 0 amide bonds. The van der Waals surface area contributed by atoms with Gasteiger partial charge in [0.1, 0.15) is 17.3 Å². The molecular weight excluding hydrogens is 355 g/mol. The normalized spacial score (nSPS) is 15.0. The van der Waals surface area contributed by atoms with Crippen molar-refractivity contribution in [1.82, 2.24) is 10.2 Å². The molecular formula is C23H25FN2O2. The number of nitrogens with zero attached hydrogens (tertiary/aromatic N) is 1. The van der Waals surface area contributed by atoms with E-state index in [1.807, 2.05) is 12.1 Å². The molecule has 1 N–H and O–H groups in total. The van der Waals surface area contributed by atoms with Crippen LogP contribution in [-0.4, -0.2) is 31.2 Å². The van der Waals surface area contributed by atoms with Gasteiger partial charge in [-0.05, 0) is 47.5 Å². The lowest BCUT2D eigenvalue weighted by Gasteiger charge is -2.27. The molecule has 2 heterocycles. The summed E-state index contributed by atoms with van der Waals surface area (Å²) in [5.74, 6) is 1.38. The van der Waals surface area contributed by atoms with Gasteiger partial charge in [-0.25, -0.2) is 4.39 Å². The summed E-state index contributed by atoms with van der Waals surface area (Å²) in [5.41, 5.74) is 3.53. The van der Waals surface area contributed by atoms with Gasteiger partial charge in [0.05, 0.1) is 19.8 Å². The molecule has 1 aliphatic heterocycles. The van der Waals surface area contributed by atoms with Crippen molar-refractivity contribution in [2.75, 3.05) is 26.3 Å². The molecule has 1 fully saturated rings. The van der Waals surface area contributed by atoms with Crippen LogP contribution in [0.4, 0.5) is 4.39 Å². The Bertz CT molecular complexity index is 886. The number of halogens is 1. The van der Waals surface area contributed by atoms with E-state index in [0.29, 0.717) is 6.54 Å². The van der Waals surface area contributed by atoms with Crippen LogP contribution < -0.4 is 5.32 Å². The Hall–Kier alpha value is -2.47. The van der Waals surface area contributed by atoms with Gasteiger partial charge in [0.2, 0.25) is 0 Å². The minimum Gasteiger partial charge on any atom is -0.460 e. The van der Waals surface area contributed by atoms with E-state index in [9.17, 15) is 4.39 Å². The molecule has 1 aromatic heterocycles. The van der Waals surface area contributed by atoms with Crippen LogP contribution in [0.25, 0.3) is 11.3 Å². The highest BCUT2D eigenvalue weighted by Crippen LogP contribution is 2.22. The number of morpholine rings is 1. The number of rotatable bonds is 7. The summed E-state index contributed by atoms with van der Waals surface area (Å²) in [7, 11) is 0. The standard InChI is InChI=1S/C23H25FN2O2/c24-21-7-5-18(6-8-21)23-10-9-22(28-23)16-25-15-19-3-1-2-4-20(19)17-26-11-13-27-14-12-26/h1-10,25H,11-17H2. The van der Waals surface area contributed by atoms with E-state index in [4.69, 9.17) is 9.15 Å². The van der Waals surface area contributed by atoms with Gasteiger partial charge in [0.25, 0.3) is 0 Å². The van der Waals surface area contributed by atoms with Gasteiger partial charge < -0.3 is 14.5 Å². The van der Waals surface area contributed by atoms with Crippen molar-refractivity contribution in [1.29, 1.82) is 0 Å². The fraction of sp³-hybridized carbons (Fsp3) is 0.304. The van der Waals surface area contributed by atoms with Crippen molar-refractivity contribution < 1.29 is 13.5 Å². The molecule has 0 saturated carbocycles. The maximum Gasteiger partial charge on any atom is 0.134 e. The number of furan rings is 1. The molecule has 4 rings (SSSR count). The molecule has 0 atom stereocenters. The fourth-order valence-corrected chi connectivity index (χ4v) is 3.45. The summed E-state index contributed by atoms with van der Waals surface area (Å²) in [5, 5.41) is 3.47. The molecule has 146 valence electrons. The van der Waals surface area contributed by atoms with E-state index in [1.165, 1.54) is 23.3 Å². The van der Waals surface area contributed by atoms with Crippen LogP contribution in [0.15, 0.2) is 65.1 Å². The van der Waals surface area contributed by atoms with Crippen molar-refractivity contribution in [3.05, 3.63) is 83.4 Å². The number of hydrogen-bond acceptors (Lipinski definition) is 4. The average molecular weight is 380 g/mol. The smallest absolute Gasteiger partial charge is 0.134 e. The predicted octanol–water partition coefficient (Wildman–Crippen LogP) is 4.21. The van der Waals surface area contributed by atoms with Crippen molar-refractivity contribution in [2.45, 2.75) is 19.6 Å². The first-order chi connectivity index (χ1) is 13.8. The van der Waals surface area contributed by atoms with Crippen molar-refractivity contribution in [3.63, 3.8) is 0 Å². The van der Waals surface area contributed by atoms with Crippen molar-refractivity contribution >= 4 is 0 Å². The van der Waals surface area contributed by atoms with E-state index in [2.05, 4.69) is 34.5 Å². The zero-order chi connectivity index (χ0) is 19.2. The van der Waals surface area contributed by atoms with E-state index >= 15 is 0 Å². The second-order valence-electron chi connectivity index (χ2n) is 7.03. The third-order valence-corrected chi connectivity index (χ3v) is 5.02. The summed E-state index contributed by atoms with van der Waals surface area (Å²) in [4.78, 5) is 2.43. The summed E-state index contributed by atoms with van der Waals surface area (Å²) in [6.07, 6.45) is 0. The monoisotopic (exact) mass is 380 g/mol. The van der Waals surface area contributed by atoms with Gasteiger partial charge in [-0.2, -0.15) is 0 Å². The Balaban J connectivity index is 1.33. The zero-order valence-electron chi connectivity index (χ0n) is 15.9. The van der Waals surface area contributed by atoms with Crippen LogP contribution in [0.3, 0.4) is 0 Å². The topological polar surface area (TPSA) is 37.6 Å². The molecule has 0 aliphatic carbocycles. The van der Waals surface area contributed by atoms with Crippen molar-refractivity contribution in [3.8, 4) is 11.3 Å². The molecule has 3 aromatic rings. The van der Waals surface area contributed by atoms with Gasteiger partial charge in [0.15, 0.2) is 0 Å². The molecule has 5 heteroatoms. The maximum atomic E-state index is 13.1. The highest BCUT2D eigenvalue weighted by Gasteiger charge is 2.12. The van der Waals surface area contributed by atoms with E-state index in [1.54, 1.807) is 12.1 Å². The second-order valence-corrected chi connectivity index (χ2v) is 7.03. The fourth-order valence-electron chi connectivity index (χ4n) is 3.45. The molecule has 1 saturated heterocycles. The van der Waals surface area contributed by atoms with E-state index in [0.717, 1.165) is 56.5 Å². The summed E-state index contributed by atoms with van der Waals surface area (Å²) >= 11 is 0. The Kier molecular flexibility index (Phi) is 6.17.